The smallest absolute Gasteiger partial charge is 0.123 e. The molecule has 0 spiro atoms. The quantitative estimate of drug-likeness (QED) is 0.126. The van der Waals surface area contributed by atoms with Gasteiger partial charge in [0, 0.05) is 41.8 Å². The molecule has 0 aliphatic heterocycles. The van der Waals surface area contributed by atoms with Crippen LogP contribution < -0.4 is 15.8 Å². The fourth-order valence-electron chi connectivity index (χ4n) is 4.16. The number of amidine groups is 1. The van der Waals surface area contributed by atoms with Gasteiger partial charge >= 0.3 is 0 Å². The van der Waals surface area contributed by atoms with Crippen LogP contribution in [0.1, 0.15) is 17.5 Å². The molecule has 0 bridgehead atoms. The monoisotopic (exact) mass is 530 g/mol. The zero-order valence-electron chi connectivity index (χ0n) is 20.6. The van der Waals surface area contributed by atoms with Gasteiger partial charge in [-0.3, -0.25) is 10.4 Å². The summed E-state index contributed by atoms with van der Waals surface area (Å²) in [4.78, 5) is 4.14. The summed E-state index contributed by atoms with van der Waals surface area (Å²) >= 11 is 0. The largest absolute Gasteiger partial charge is 0.494 e. The summed E-state index contributed by atoms with van der Waals surface area (Å²) in [6.07, 6.45) is 6.39. The number of nitrogen functional groups attached to an aromatic ring is 1. The average molecular weight is 531 g/mol. The Bertz CT molecular complexity index is 1500. The molecule has 0 aliphatic rings. The number of pyridine rings is 2. The van der Waals surface area contributed by atoms with Crippen molar-refractivity contribution in [2.24, 2.45) is 5.73 Å². The number of hydrogen-bond acceptors (Lipinski definition) is 5. The molecule has 2 aromatic carbocycles. The van der Waals surface area contributed by atoms with Gasteiger partial charge in [-0.2, -0.15) is 5.10 Å². The van der Waals surface area contributed by atoms with E-state index in [0.717, 1.165) is 52.2 Å². The molecular weight excluding hydrogens is 503 g/mol. The third kappa shape index (κ3) is 6.16. The molecule has 9 heteroatoms. The summed E-state index contributed by atoms with van der Waals surface area (Å²) in [5, 5.41) is 15.8. The summed E-state index contributed by atoms with van der Waals surface area (Å²) in [7, 11) is 0. The van der Waals surface area contributed by atoms with E-state index in [1.54, 1.807) is 36.7 Å². The van der Waals surface area contributed by atoms with Crippen LogP contribution in [0.3, 0.4) is 0 Å². The first-order valence-corrected chi connectivity index (χ1v) is 12.0. The topological polar surface area (TPSA) is 101 Å². The summed E-state index contributed by atoms with van der Waals surface area (Å²) in [6, 6.07) is 21.7. The van der Waals surface area contributed by atoms with E-state index in [-0.39, 0.29) is 24.1 Å². The lowest BCUT2D eigenvalue weighted by Gasteiger charge is -2.08. The molecule has 3 heterocycles. The molecule has 0 aliphatic carbocycles. The number of rotatable bonds is 10. The van der Waals surface area contributed by atoms with Crippen molar-refractivity contribution in [2.45, 2.75) is 13.0 Å². The number of benzene rings is 2. The van der Waals surface area contributed by atoms with Gasteiger partial charge in [-0.15, -0.1) is 12.4 Å². The maximum absolute atomic E-state index is 13.5. The van der Waals surface area contributed by atoms with Crippen LogP contribution in [0, 0.1) is 11.2 Å². The maximum atomic E-state index is 13.5. The number of aromatic nitrogens is 3. The van der Waals surface area contributed by atoms with Crippen molar-refractivity contribution in [1.29, 1.82) is 5.41 Å². The highest BCUT2D eigenvalue weighted by molar-refractivity contribution is 5.95. The number of halogens is 2. The minimum Gasteiger partial charge on any atom is -0.494 e. The normalized spacial score (nSPS) is 10.8. The summed E-state index contributed by atoms with van der Waals surface area (Å²) < 4.78 is 21.2. The second-order valence-electron chi connectivity index (χ2n) is 8.65. The lowest BCUT2D eigenvalue weighted by molar-refractivity contribution is 0.308. The van der Waals surface area contributed by atoms with Gasteiger partial charge in [-0.1, -0.05) is 6.07 Å². The highest BCUT2D eigenvalue weighted by Gasteiger charge is 2.16. The van der Waals surface area contributed by atoms with Crippen LogP contribution in [0.5, 0.6) is 5.75 Å². The lowest BCUT2D eigenvalue weighted by Crippen LogP contribution is -2.17. The summed E-state index contributed by atoms with van der Waals surface area (Å²) in [5.74, 6) is 0.531. The van der Waals surface area contributed by atoms with Crippen LogP contribution >= 0.6 is 12.4 Å². The van der Waals surface area contributed by atoms with E-state index >= 15 is 0 Å². The Morgan fingerprint density at radius 1 is 0.947 bits per heavy atom. The van der Waals surface area contributed by atoms with Crippen LogP contribution in [0.2, 0.25) is 0 Å². The highest BCUT2D eigenvalue weighted by atomic mass is 35.5. The Morgan fingerprint density at radius 2 is 1.68 bits per heavy atom. The van der Waals surface area contributed by atoms with E-state index in [1.807, 2.05) is 35.0 Å². The third-order valence-corrected chi connectivity index (χ3v) is 6.04. The molecule has 0 amide bonds. The summed E-state index contributed by atoms with van der Waals surface area (Å²) in [6.45, 7) is 2.08. The number of nitrogens with two attached hydrogens (primary N) is 1. The number of hydrogen-bond donors (Lipinski definition) is 3. The maximum Gasteiger partial charge on any atom is 0.123 e. The van der Waals surface area contributed by atoms with Crippen molar-refractivity contribution < 1.29 is 9.13 Å². The highest BCUT2D eigenvalue weighted by Crippen LogP contribution is 2.35. The van der Waals surface area contributed by atoms with E-state index in [4.69, 9.17) is 21.0 Å². The van der Waals surface area contributed by atoms with E-state index in [0.29, 0.717) is 18.7 Å². The Balaban J connectivity index is 0.00000336. The van der Waals surface area contributed by atoms with Gasteiger partial charge < -0.3 is 15.8 Å². The third-order valence-electron chi connectivity index (χ3n) is 6.04. The standard InChI is InChI=1S/C29H27FN6O.ClH/c30-24-7-3-22(4-8-24)28-27(21-12-15-33-16-13-21)26-11-2-20(19-36(26)35-28)18-34-14-1-17-37-25-9-5-23(6-10-25)29(31)32;/h2-13,15-16,19,34H,1,14,17-18H2,(H3,31,32);1H. The van der Waals surface area contributed by atoms with Crippen molar-refractivity contribution in [2.75, 3.05) is 13.2 Å². The van der Waals surface area contributed by atoms with Crippen molar-refractivity contribution in [3.05, 3.63) is 108 Å². The second-order valence-corrected chi connectivity index (χ2v) is 8.65. The molecule has 5 aromatic rings. The lowest BCUT2D eigenvalue weighted by atomic mass is 10.0. The first-order chi connectivity index (χ1) is 18.1. The fraction of sp³-hybridized carbons (Fsp3) is 0.138. The molecule has 3 aromatic heterocycles. The van der Waals surface area contributed by atoms with Crippen molar-refractivity contribution in [1.82, 2.24) is 19.9 Å². The molecule has 194 valence electrons. The van der Waals surface area contributed by atoms with Gasteiger partial charge in [0.2, 0.25) is 0 Å². The van der Waals surface area contributed by atoms with Crippen LogP contribution in [-0.4, -0.2) is 33.6 Å². The Kier molecular flexibility index (Phi) is 8.68. The molecule has 5 rings (SSSR count). The number of nitrogens with zero attached hydrogens (tertiary/aromatic N) is 3. The Labute approximate surface area is 226 Å². The molecule has 0 radical (unpaired) electrons. The van der Waals surface area contributed by atoms with Crippen LogP contribution in [0.4, 0.5) is 4.39 Å². The Hall–Kier alpha value is -4.27. The van der Waals surface area contributed by atoms with Crippen molar-refractivity contribution >= 4 is 23.8 Å². The second kappa shape index (κ2) is 12.3. The van der Waals surface area contributed by atoms with E-state index in [2.05, 4.69) is 22.4 Å². The summed E-state index contributed by atoms with van der Waals surface area (Å²) in [5.41, 5.74) is 11.9. The SMILES string of the molecule is Cl.N=C(N)c1ccc(OCCCNCc2ccc3c(-c4ccncc4)c(-c4ccc(F)cc4)nn3c2)cc1. The van der Waals surface area contributed by atoms with Crippen molar-refractivity contribution in [3.8, 4) is 28.1 Å². The van der Waals surface area contributed by atoms with Gasteiger partial charge in [-0.25, -0.2) is 8.91 Å². The zero-order chi connectivity index (χ0) is 25.6. The Morgan fingerprint density at radius 3 is 2.39 bits per heavy atom. The van der Waals surface area contributed by atoms with Gasteiger partial charge in [0.25, 0.3) is 0 Å². The minimum absolute atomic E-state index is 0. The number of ether oxygens (including phenoxy) is 1. The molecule has 0 unspecified atom stereocenters. The van der Waals surface area contributed by atoms with Gasteiger partial charge in [0.15, 0.2) is 0 Å². The van der Waals surface area contributed by atoms with Crippen LogP contribution in [0.15, 0.2) is 91.4 Å². The number of fused-ring (bicyclic) bond motifs is 1. The molecule has 0 atom stereocenters. The fourth-order valence-corrected chi connectivity index (χ4v) is 4.16. The van der Waals surface area contributed by atoms with E-state index in [9.17, 15) is 4.39 Å². The molecule has 4 N–H and O–H groups in total. The van der Waals surface area contributed by atoms with Gasteiger partial charge in [-0.05, 0) is 90.8 Å². The van der Waals surface area contributed by atoms with E-state index in [1.165, 1.54) is 12.1 Å². The van der Waals surface area contributed by atoms with Gasteiger partial charge in [0.1, 0.15) is 23.1 Å². The first kappa shape index (κ1) is 26.8. The van der Waals surface area contributed by atoms with Crippen LogP contribution in [0.25, 0.3) is 27.9 Å². The molecule has 7 nitrogen and oxygen atoms in total. The van der Waals surface area contributed by atoms with Gasteiger partial charge in [0.05, 0.1) is 12.1 Å². The number of nitrogens with one attached hydrogen (secondary N) is 2. The molecule has 0 fully saturated rings. The molecular formula is C29H28ClFN6O. The first-order valence-electron chi connectivity index (χ1n) is 12.0. The molecule has 0 saturated heterocycles. The minimum atomic E-state index is -0.275. The molecule has 0 saturated carbocycles. The predicted molar refractivity (Wildman–Crippen MR) is 150 cm³/mol. The predicted octanol–water partition coefficient (Wildman–Crippen LogP) is 5.47. The van der Waals surface area contributed by atoms with E-state index < -0.39 is 0 Å². The zero-order valence-corrected chi connectivity index (χ0v) is 21.4. The average Bonchev–Trinajstić information content (AvgIpc) is 3.30. The van der Waals surface area contributed by atoms with Crippen LogP contribution in [-0.2, 0) is 6.54 Å². The molecule has 38 heavy (non-hydrogen) atoms. The van der Waals surface area contributed by atoms with Crippen molar-refractivity contribution in [3.63, 3.8) is 0 Å².